The number of methoxy groups -OCH3 is 1. The Balaban J connectivity index is 1.46. The zero-order chi connectivity index (χ0) is 20.5. The lowest BCUT2D eigenvalue weighted by atomic mass is 10.1. The molecule has 1 aliphatic heterocycles. The molecular formula is C21H20N6O3. The number of amides is 1. The van der Waals surface area contributed by atoms with Gasteiger partial charge in [0.05, 0.1) is 43.3 Å². The molecule has 2 aromatic heterocycles. The molecule has 0 aliphatic carbocycles. The second-order valence-electron chi connectivity index (χ2n) is 6.96. The van der Waals surface area contributed by atoms with Crippen LogP contribution in [0.2, 0.25) is 0 Å². The van der Waals surface area contributed by atoms with Gasteiger partial charge < -0.3 is 14.4 Å². The largest absolute Gasteiger partial charge is 0.496 e. The summed E-state index contributed by atoms with van der Waals surface area (Å²) < 4.78 is 12.5. The van der Waals surface area contributed by atoms with Crippen molar-refractivity contribution in [1.82, 2.24) is 30.1 Å². The van der Waals surface area contributed by atoms with E-state index in [1.807, 2.05) is 30.3 Å². The molecule has 0 saturated carbocycles. The molecule has 5 rings (SSSR count). The van der Waals surface area contributed by atoms with Crippen LogP contribution < -0.4 is 4.74 Å². The third-order valence-corrected chi connectivity index (χ3v) is 5.18. The minimum atomic E-state index is -0.0658. The highest BCUT2D eigenvalue weighted by Gasteiger charge is 2.22. The Bertz CT molecular complexity index is 1210. The number of fused-ring (bicyclic) bond motifs is 1. The molecule has 2 aromatic carbocycles. The molecule has 3 heterocycles. The van der Waals surface area contributed by atoms with Crippen molar-refractivity contribution in [2.75, 3.05) is 33.4 Å². The molecule has 4 aromatic rings. The highest BCUT2D eigenvalue weighted by molar-refractivity contribution is 5.97. The van der Waals surface area contributed by atoms with Gasteiger partial charge in [0, 0.05) is 24.5 Å². The molecule has 0 spiro atoms. The van der Waals surface area contributed by atoms with Crippen LogP contribution in [0.4, 0.5) is 0 Å². The van der Waals surface area contributed by atoms with Crippen molar-refractivity contribution in [3.05, 3.63) is 54.2 Å². The second kappa shape index (κ2) is 7.60. The van der Waals surface area contributed by atoms with E-state index in [0.717, 1.165) is 22.3 Å². The molecule has 1 fully saturated rings. The quantitative estimate of drug-likeness (QED) is 0.560. The fourth-order valence-electron chi connectivity index (χ4n) is 3.59. The molecule has 1 amide bonds. The first-order chi connectivity index (χ1) is 14.7. The fourth-order valence-corrected chi connectivity index (χ4v) is 3.59. The third kappa shape index (κ3) is 3.18. The van der Waals surface area contributed by atoms with Crippen molar-refractivity contribution in [3.63, 3.8) is 0 Å². The Morgan fingerprint density at radius 3 is 2.83 bits per heavy atom. The van der Waals surface area contributed by atoms with Crippen molar-refractivity contribution < 1.29 is 14.3 Å². The number of carbonyl (C=O) groups is 1. The van der Waals surface area contributed by atoms with Crippen molar-refractivity contribution in [2.45, 2.75) is 0 Å². The number of aromatic nitrogens is 5. The van der Waals surface area contributed by atoms with Crippen LogP contribution >= 0.6 is 0 Å². The van der Waals surface area contributed by atoms with Crippen molar-refractivity contribution in [1.29, 1.82) is 0 Å². The normalized spacial score (nSPS) is 14.2. The molecule has 9 heteroatoms. The Labute approximate surface area is 172 Å². The molecule has 1 saturated heterocycles. The van der Waals surface area contributed by atoms with Crippen LogP contribution in [0, 0.1) is 0 Å². The number of rotatable bonds is 4. The average Bonchev–Trinajstić information content (AvgIpc) is 3.46. The molecule has 1 aliphatic rings. The van der Waals surface area contributed by atoms with Crippen LogP contribution in [0.3, 0.4) is 0 Å². The van der Waals surface area contributed by atoms with Gasteiger partial charge in [-0.2, -0.15) is 5.10 Å². The minimum Gasteiger partial charge on any atom is -0.496 e. The molecular weight excluding hydrogens is 384 g/mol. The second-order valence-corrected chi connectivity index (χ2v) is 6.96. The summed E-state index contributed by atoms with van der Waals surface area (Å²) in [5.74, 6) is 0.426. The van der Waals surface area contributed by atoms with E-state index >= 15 is 0 Å². The molecule has 30 heavy (non-hydrogen) atoms. The average molecular weight is 404 g/mol. The summed E-state index contributed by atoms with van der Waals surface area (Å²) in [5.41, 5.74) is 3.59. The van der Waals surface area contributed by atoms with E-state index in [9.17, 15) is 4.79 Å². The van der Waals surface area contributed by atoms with Crippen LogP contribution in [0.5, 0.6) is 5.75 Å². The first-order valence-corrected chi connectivity index (χ1v) is 9.66. The summed E-state index contributed by atoms with van der Waals surface area (Å²) in [7, 11) is 1.55. The fraction of sp³-hybridized carbons (Fsp3) is 0.238. The van der Waals surface area contributed by atoms with Gasteiger partial charge in [-0.1, -0.05) is 23.4 Å². The van der Waals surface area contributed by atoms with E-state index in [0.29, 0.717) is 43.3 Å². The van der Waals surface area contributed by atoms with E-state index in [4.69, 9.17) is 9.47 Å². The van der Waals surface area contributed by atoms with Crippen LogP contribution in [0.25, 0.3) is 28.0 Å². The van der Waals surface area contributed by atoms with Crippen molar-refractivity contribution >= 4 is 16.8 Å². The van der Waals surface area contributed by atoms with E-state index in [2.05, 4.69) is 20.5 Å². The predicted molar refractivity (Wildman–Crippen MR) is 110 cm³/mol. The molecule has 152 valence electrons. The lowest BCUT2D eigenvalue weighted by Gasteiger charge is -2.27. The number of benzene rings is 2. The maximum Gasteiger partial charge on any atom is 0.257 e. The van der Waals surface area contributed by atoms with Gasteiger partial charge in [0.1, 0.15) is 17.1 Å². The van der Waals surface area contributed by atoms with Gasteiger partial charge in [-0.15, -0.1) is 5.10 Å². The van der Waals surface area contributed by atoms with E-state index < -0.39 is 0 Å². The number of H-pyrrole nitrogens is 1. The number of hydrogen-bond acceptors (Lipinski definition) is 6. The third-order valence-electron chi connectivity index (χ3n) is 5.18. The summed E-state index contributed by atoms with van der Waals surface area (Å²) >= 11 is 0. The SMILES string of the molecule is COc1cc(-n2cc(-c3n[nH]c4ccccc34)nn2)ccc1C(=O)N1CCOCC1. The number of hydrogen-bond donors (Lipinski definition) is 1. The standard InChI is InChI=1S/C21H20N6O3/c1-29-19-12-14(6-7-16(19)21(28)26-8-10-30-11-9-26)27-13-18(23-25-27)20-15-4-2-3-5-17(15)22-24-20/h2-7,12-13H,8-11H2,1H3,(H,22,24). The first kappa shape index (κ1) is 18.3. The minimum absolute atomic E-state index is 0.0658. The van der Waals surface area contributed by atoms with Gasteiger partial charge in [-0.3, -0.25) is 9.89 Å². The number of para-hydroxylation sites is 1. The Morgan fingerprint density at radius 2 is 2.00 bits per heavy atom. The zero-order valence-corrected chi connectivity index (χ0v) is 16.4. The number of nitrogens with one attached hydrogen (secondary N) is 1. The Kier molecular flexibility index (Phi) is 4.64. The number of nitrogens with zero attached hydrogens (tertiary/aromatic N) is 5. The van der Waals surface area contributed by atoms with Gasteiger partial charge in [-0.05, 0) is 18.2 Å². The number of aromatic amines is 1. The predicted octanol–water partition coefficient (Wildman–Crippen LogP) is 2.29. The molecule has 0 atom stereocenters. The molecule has 0 unspecified atom stereocenters. The summed E-state index contributed by atoms with van der Waals surface area (Å²) in [4.78, 5) is 14.6. The monoisotopic (exact) mass is 404 g/mol. The smallest absolute Gasteiger partial charge is 0.257 e. The highest BCUT2D eigenvalue weighted by atomic mass is 16.5. The highest BCUT2D eigenvalue weighted by Crippen LogP contribution is 2.27. The molecule has 0 radical (unpaired) electrons. The van der Waals surface area contributed by atoms with E-state index in [1.54, 1.807) is 35.0 Å². The summed E-state index contributed by atoms with van der Waals surface area (Å²) in [5, 5.41) is 16.9. The zero-order valence-electron chi connectivity index (χ0n) is 16.4. The van der Waals surface area contributed by atoms with Crippen LogP contribution in [0.1, 0.15) is 10.4 Å². The van der Waals surface area contributed by atoms with E-state index in [1.165, 1.54) is 0 Å². The number of carbonyl (C=O) groups excluding carboxylic acids is 1. The van der Waals surface area contributed by atoms with Crippen molar-refractivity contribution in [3.8, 4) is 22.8 Å². The van der Waals surface area contributed by atoms with Gasteiger partial charge >= 0.3 is 0 Å². The molecule has 9 nitrogen and oxygen atoms in total. The van der Waals surface area contributed by atoms with Crippen molar-refractivity contribution in [2.24, 2.45) is 0 Å². The lowest BCUT2D eigenvalue weighted by Crippen LogP contribution is -2.40. The first-order valence-electron chi connectivity index (χ1n) is 9.66. The summed E-state index contributed by atoms with van der Waals surface area (Å²) in [6.45, 7) is 2.26. The maximum absolute atomic E-state index is 12.9. The van der Waals surface area contributed by atoms with Gasteiger partial charge in [-0.25, -0.2) is 4.68 Å². The summed E-state index contributed by atoms with van der Waals surface area (Å²) in [6, 6.07) is 13.2. The number of ether oxygens (including phenoxy) is 2. The lowest BCUT2D eigenvalue weighted by molar-refractivity contribution is 0.0301. The van der Waals surface area contributed by atoms with Gasteiger partial charge in [0.2, 0.25) is 0 Å². The maximum atomic E-state index is 12.9. The Morgan fingerprint density at radius 1 is 1.17 bits per heavy atom. The van der Waals surface area contributed by atoms with Gasteiger partial charge in [0.15, 0.2) is 0 Å². The van der Waals surface area contributed by atoms with Gasteiger partial charge in [0.25, 0.3) is 5.91 Å². The Hall–Kier alpha value is -3.72. The summed E-state index contributed by atoms with van der Waals surface area (Å²) in [6.07, 6.45) is 1.81. The molecule has 0 bridgehead atoms. The van der Waals surface area contributed by atoms with E-state index in [-0.39, 0.29) is 5.91 Å². The topological polar surface area (TPSA) is 98.2 Å². The van der Waals surface area contributed by atoms with Crippen LogP contribution in [-0.2, 0) is 4.74 Å². The number of morpholine rings is 1. The van der Waals surface area contributed by atoms with Crippen LogP contribution in [0.15, 0.2) is 48.7 Å². The van der Waals surface area contributed by atoms with Crippen LogP contribution in [-0.4, -0.2) is 69.4 Å². The molecule has 1 N–H and O–H groups in total.